The van der Waals surface area contributed by atoms with Crippen LogP contribution in [-0.2, 0) is 11.3 Å². The highest BCUT2D eigenvalue weighted by molar-refractivity contribution is 7.09. The molecule has 0 spiro atoms. The third-order valence-electron chi connectivity index (χ3n) is 1.94. The lowest BCUT2D eigenvalue weighted by atomic mass is 10.1. The van der Waals surface area contributed by atoms with Crippen LogP contribution in [0.3, 0.4) is 0 Å². The molecule has 0 bridgehead atoms. The predicted octanol–water partition coefficient (Wildman–Crippen LogP) is 0.743. The van der Waals surface area contributed by atoms with Crippen LogP contribution in [0.5, 0.6) is 0 Å². The molecule has 0 aliphatic rings. The van der Waals surface area contributed by atoms with Crippen molar-refractivity contribution >= 4 is 17.2 Å². The molecule has 0 radical (unpaired) electrons. The number of carbonyl (C=O) groups excluding carboxylic acids is 1. The molecule has 4 nitrogen and oxygen atoms in total. The number of thiazole rings is 1. The molecule has 1 aromatic heterocycles. The van der Waals surface area contributed by atoms with Crippen LogP contribution >= 0.6 is 11.3 Å². The van der Waals surface area contributed by atoms with E-state index in [0.29, 0.717) is 6.54 Å². The van der Waals surface area contributed by atoms with Gasteiger partial charge in [0.05, 0.1) is 18.1 Å². The quantitative estimate of drug-likeness (QED) is 0.775. The van der Waals surface area contributed by atoms with Crippen LogP contribution < -0.4 is 11.1 Å². The van der Waals surface area contributed by atoms with Crippen molar-refractivity contribution < 1.29 is 4.79 Å². The summed E-state index contributed by atoms with van der Waals surface area (Å²) in [5, 5.41) is 2.77. The Morgan fingerprint density at radius 1 is 1.71 bits per heavy atom. The summed E-state index contributed by atoms with van der Waals surface area (Å²) in [4.78, 5) is 16.4. The monoisotopic (exact) mass is 213 g/mol. The number of hydrogen-bond donors (Lipinski definition) is 2. The van der Waals surface area contributed by atoms with E-state index in [4.69, 9.17) is 5.73 Å². The fourth-order valence-corrected chi connectivity index (χ4v) is 1.46. The Bertz CT molecular complexity index is 284. The van der Waals surface area contributed by atoms with Gasteiger partial charge in [-0.1, -0.05) is 13.8 Å². The number of carbonyl (C=O) groups is 1. The van der Waals surface area contributed by atoms with Crippen LogP contribution in [0.1, 0.15) is 18.7 Å². The van der Waals surface area contributed by atoms with Crippen molar-refractivity contribution in [3.8, 4) is 0 Å². The maximum Gasteiger partial charge on any atom is 0.237 e. The topological polar surface area (TPSA) is 68.0 Å². The van der Waals surface area contributed by atoms with E-state index in [9.17, 15) is 4.79 Å². The third-order valence-corrected chi connectivity index (χ3v) is 2.72. The minimum absolute atomic E-state index is 0.103. The van der Waals surface area contributed by atoms with Gasteiger partial charge in [0.15, 0.2) is 0 Å². The molecular formula is C9H15N3OS. The number of amides is 1. The summed E-state index contributed by atoms with van der Waals surface area (Å²) < 4.78 is 0. The predicted molar refractivity (Wildman–Crippen MR) is 56.8 cm³/mol. The fourth-order valence-electron chi connectivity index (χ4n) is 0.924. The van der Waals surface area contributed by atoms with Crippen molar-refractivity contribution in [3.63, 3.8) is 0 Å². The molecule has 14 heavy (non-hydrogen) atoms. The molecule has 1 atom stereocenters. The summed E-state index contributed by atoms with van der Waals surface area (Å²) in [5.74, 6) is 0.0601. The highest BCUT2D eigenvalue weighted by atomic mass is 32.1. The zero-order valence-electron chi connectivity index (χ0n) is 8.36. The Morgan fingerprint density at radius 2 is 2.43 bits per heavy atom. The van der Waals surface area contributed by atoms with Gasteiger partial charge in [0.2, 0.25) is 5.91 Å². The maximum absolute atomic E-state index is 11.4. The van der Waals surface area contributed by atoms with Crippen molar-refractivity contribution in [1.82, 2.24) is 10.3 Å². The second kappa shape index (κ2) is 5.07. The molecule has 78 valence electrons. The van der Waals surface area contributed by atoms with E-state index >= 15 is 0 Å². The van der Waals surface area contributed by atoms with E-state index in [2.05, 4.69) is 10.3 Å². The van der Waals surface area contributed by atoms with Gasteiger partial charge in [0.1, 0.15) is 0 Å². The lowest BCUT2D eigenvalue weighted by Gasteiger charge is -2.14. The molecule has 1 unspecified atom stereocenters. The van der Waals surface area contributed by atoms with Crippen molar-refractivity contribution in [2.24, 2.45) is 11.7 Å². The summed E-state index contributed by atoms with van der Waals surface area (Å²) >= 11 is 1.52. The first-order valence-corrected chi connectivity index (χ1v) is 5.40. The average molecular weight is 213 g/mol. The summed E-state index contributed by atoms with van der Waals surface area (Å²) in [5.41, 5.74) is 7.42. The molecule has 5 heteroatoms. The van der Waals surface area contributed by atoms with Gasteiger partial charge in [-0.05, 0) is 5.92 Å². The Balaban J connectivity index is 2.35. The second-order valence-electron chi connectivity index (χ2n) is 3.46. The van der Waals surface area contributed by atoms with Crippen LogP contribution in [-0.4, -0.2) is 16.9 Å². The van der Waals surface area contributed by atoms with Crippen LogP contribution in [0.25, 0.3) is 0 Å². The lowest BCUT2D eigenvalue weighted by Crippen LogP contribution is -2.43. The van der Waals surface area contributed by atoms with E-state index in [1.807, 2.05) is 13.8 Å². The van der Waals surface area contributed by atoms with Crippen LogP contribution in [0.4, 0.5) is 0 Å². The summed E-state index contributed by atoms with van der Waals surface area (Å²) in [6.45, 7) is 4.37. The van der Waals surface area contributed by atoms with E-state index in [1.165, 1.54) is 11.3 Å². The fraction of sp³-hybridized carbons (Fsp3) is 0.556. The molecule has 0 saturated carbocycles. The van der Waals surface area contributed by atoms with Gasteiger partial charge in [-0.3, -0.25) is 9.78 Å². The summed E-state index contributed by atoms with van der Waals surface area (Å²) in [7, 11) is 0. The molecular weight excluding hydrogens is 198 g/mol. The Kier molecular flexibility index (Phi) is 4.03. The minimum Gasteiger partial charge on any atom is -0.350 e. The molecule has 1 heterocycles. The van der Waals surface area contributed by atoms with E-state index in [1.54, 1.807) is 11.7 Å². The molecule has 0 aliphatic carbocycles. The molecule has 3 N–H and O–H groups in total. The molecule has 0 saturated heterocycles. The normalized spacial score (nSPS) is 12.9. The van der Waals surface area contributed by atoms with Crippen molar-refractivity contribution in [1.29, 1.82) is 0 Å². The van der Waals surface area contributed by atoms with Crippen molar-refractivity contribution in [3.05, 3.63) is 16.6 Å². The smallest absolute Gasteiger partial charge is 0.237 e. The summed E-state index contributed by atoms with van der Waals surface area (Å²) in [6.07, 6.45) is 1.74. The van der Waals surface area contributed by atoms with Gasteiger partial charge in [0.25, 0.3) is 0 Å². The van der Waals surface area contributed by atoms with Crippen LogP contribution in [0.2, 0.25) is 0 Å². The van der Waals surface area contributed by atoms with Crippen molar-refractivity contribution in [2.75, 3.05) is 0 Å². The average Bonchev–Trinajstić information content (AvgIpc) is 2.65. The molecule has 1 amide bonds. The van der Waals surface area contributed by atoms with Gasteiger partial charge in [-0.25, -0.2) is 0 Å². The standard InChI is InChI=1S/C9H15N3OS/c1-6(2)8(10)9(13)12-4-7-3-11-5-14-7/h3,5-6,8H,4,10H2,1-2H3,(H,12,13). The molecule has 0 fully saturated rings. The first-order chi connectivity index (χ1) is 6.61. The van der Waals surface area contributed by atoms with E-state index in [0.717, 1.165) is 4.88 Å². The van der Waals surface area contributed by atoms with Gasteiger partial charge >= 0.3 is 0 Å². The Hall–Kier alpha value is -0.940. The Morgan fingerprint density at radius 3 is 2.93 bits per heavy atom. The number of nitrogens with one attached hydrogen (secondary N) is 1. The molecule has 0 aromatic carbocycles. The van der Waals surface area contributed by atoms with E-state index < -0.39 is 6.04 Å². The van der Waals surface area contributed by atoms with Gasteiger partial charge in [-0.2, -0.15) is 0 Å². The van der Waals surface area contributed by atoms with Gasteiger partial charge < -0.3 is 11.1 Å². The number of nitrogens with two attached hydrogens (primary N) is 1. The zero-order chi connectivity index (χ0) is 10.6. The number of nitrogens with zero attached hydrogens (tertiary/aromatic N) is 1. The first-order valence-electron chi connectivity index (χ1n) is 4.52. The maximum atomic E-state index is 11.4. The van der Waals surface area contributed by atoms with Crippen LogP contribution in [0, 0.1) is 5.92 Å². The number of rotatable bonds is 4. The highest BCUT2D eigenvalue weighted by Gasteiger charge is 2.16. The van der Waals surface area contributed by atoms with Gasteiger partial charge in [-0.15, -0.1) is 11.3 Å². The number of hydrogen-bond acceptors (Lipinski definition) is 4. The highest BCUT2D eigenvalue weighted by Crippen LogP contribution is 2.05. The second-order valence-corrected chi connectivity index (χ2v) is 4.43. The number of aromatic nitrogens is 1. The van der Waals surface area contributed by atoms with Gasteiger partial charge in [0, 0.05) is 11.1 Å². The molecule has 1 rings (SSSR count). The van der Waals surface area contributed by atoms with E-state index in [-0.39, 0.29) is 11.8 Å². The molecule has 0 aliphatic heterocycles. The molecule has 1 aromatic rings. The van der Waals surface area contributed by atoms with Crippen LogP contribution in [0.15, 0.2) is 11.7 Å². The first kappa shape index (κ1) is 11.1. The SMILES string of the molecule is CC(C)C(N)C(=O)NCc1cncs1. The summed E-state index contributed by atoms with van der Waals surface area (Å²) in [6, 6.07) is -0.428. The lowest BCUT2D eigenvalue weighted by molar-refractivity contribution is -0.123. The third kappa shape index (κ3) is 3.08. The minimum atomic E-state index is -0.428. The Labute approximate surface area is 87.5 Å². The van der Waals surface area contributed by atoms with Crippen molar-refractivity contribution in [2.45, 2.75) is 26.4 Å². The largest absolute Gasteiger partial charge is 0.350 e. The zero-order valence-corrected chi connectivity index (χ0v) is 9.17.